The van der Waals surface area contributed by atoms with Crippen molar-refractivity contribution in [3.05, 3.63) is 52.1 Å². The van der Waals surface area contributed by atoms with Gasteiger partial charge in [-0.2, -0.15) is 0 Å². The zero-order chi connectivity index (χ0) is 12.2. The fraction of sp³-hybridized carbons (Fsp3) is 0.412. The zero-order valence-corrected chi connectivity index (χ0v) is 11.2. The van der Waals surface area contributed by atoms with Crippen LogP contribution in [0.15, 0.2) is 35.4 Å². The summed E-state index contributed by atoms with van der Waals surface area (Å²) in [6, 6.07) is 6.94. The molecule has 0 heterocycles. The molecule has 0 unspecified atom stereocenters. The molecule has 0 saturated carbocycles. The Morgan fingerprint density at radius 3 is 2.59 bits per heavy atom. The van der Waals surface area contributed by atoms with Gasteiger partial charge in [-0.15, -0.1) is 0 Å². The van der Waals surface area contributed by atoms with Crippen LogP contribution in [0.4, 0.5) is 0 Å². The number of aryl methyl sites for hydroxylation is 1. The lowest BCUT2D eigenvalue weighted by molar-refractivity contribution is 0.649. The minimum atomic E-state index is 0.193. The van der Waals surface area contributed by atoms with Gasteiger partial charge in [0.25, 0.3) is 0 Å². The first kappa shape index (κ1) is 10.8. The van der Waals surface area contributed by atoms with Gasteiger partial charge < -0.3 is 0 Å². The number of fused-ring (bicyclic) bond motifs is 2. The van der Waals surface area contributed by atoms with E-state index < -0.39 is 0 Å². The van der Waals surface area contributed by atoms with Crippen LogP contribution in [0.1, 0.15) is 50.3 Å². The Labute approximate surface area is 104 Å². The molecule has 88 valence electrons. The highest BCUT2D eigenvalue weighted by molar-refractivity contribution is 5.83. The molecule has 0 atom stereocenters. The molecule has 3 rings (SSSR count). The van der Waals surface area contributed by atoms with Crippen LogP contribution >= 0.6 is 0 Å². The smallest absolute Gasteiger partial charge is 0.0155 e. The van der Waals surface area contributed by atoms with Crippen LogP contribution in [0.5, 0.6) is 0 Å². The van der Waals surface area contributed by atoms with Crippen molar-refractivity contribution in [1.82, 2.24) is 0 Å². The van der Waals surface area contributed by atoms with Gasteiger partial charge in [0.05, 0.1) is 0 Å². The first-order chi connectivity index (χ1) is 8.00. The highest BCUT2D eigenvalue weighted by Crippen LogP contribution is 2.50. The lowest BCUT2D eigenvalue weighted by Crippen LogP contribution is -2.17. The van der Waals surface area contributed by atoms with Crippen LogP contribution in [0.2, 0.25) is 0 Å². The normalized spacial score (nSPS) is 21.1. The summed E-state index contributed by atoms with van der Waals surface area (Å²) in [6.45, 7) is 9.17. The fourth-order valence-corrected chi connectivity index (χ4v) is 3.28. The van der Waals surface area contributed by atoms with E-state index in [0.717, 1.165) is 0 Å². The van der Waals surface area contributed by atoms with Crippen molar-refractivity contribution >= 4 is 5.57 Å². The molecule has 0 saturated heterocycles. The Hall–Kier alpha value is -1.30. The summed E-state index contributed by atoms with van der Waals surface area (Å²) < 4.78 is 0. The van der Waals surface area contributed by atoms with Crippen molar-refractivity contribution in [2.24, 2.45) is 0 Å². The fourth-order valence-electron chi connectivity index (χ4n) is 3.28. The van der Waals surface area contributed by atoms with E-state index in [4.69, 9.17) is 0 Å². The van der Waals surface area contributed by atoms with Crippen LogP contribution in [0, 0.1) is 6.92 Å². The lowest BCUT2D eigenvalue weighted by Gasteiger charge is -2.25. The van der Waals surface area contributed by atoms with Gasteiger partial charge in [0.1, 0.15) is 0 Å². The van der Waals surface area contributed by atoms with Gasteiger partial charge in [0, 0.05) is 5.41 Å². The summed E-state index contributed by atoms with van der Waals surface area (Å²) in [5.74, 6) is 0. The van der Waals surface area contributed by atoms with Crippen molar-refractivity contribution in [1.29, 1.82) is 0 Å². The largest absolute Gasteiger partial charge is 0.0727 e. The van der Waals surface area contributed by atoms with Gasteiger partial charge in [0.2, 0.25) is 0 Å². The van der Waals surface area contributed by atoms with E-state index in [2.05, 4.69) is 52.0 Å². The van der Waals surface area contributed by atoms with Gasteiger partial charge >= 0.3 is 0 Å². The Bertz CT molecular complexity index is 553. The predicted octanol–water partition coefficient (Wildman–Crippen LogP) is 4.78. The molecule has 0 fully saturated rings. The van der Waals surface area contributed by atoms with Crippen molar-refractivity contribution in [2.45, 2.75) is 46.0 Å². The highest BCUT2D eigenvalue weighted by Gasteiger charge is 2.37. The quantitative estimate of drug-likeness (QED) is 0.595. The van der Waals surface area contributed by atoms with E-state index >= 15 is 0 Å². The Balaban J connectivity index is 2.26. The monoisotopic (exact) mass is 224 g/mol. The maximum absolute atomic E-state index is 2.42. The minimum Gasteiger partial charge on any atom is -0.0727 e. The molecule has 0 N–H and O–H groups in total. The maximum atomic E-state index is 2.42. The average molecular weight is 224 g/mol. The second-order valence-corrected chi connectivity index (χ2v) is 6.06. The molecule has 0 aliphatic heterocycles. The third-order valence-electron chi connectivity index (χ3n) is 4.33. The molecule has 2 aliphatic rings. The van der Waals surface area contributed by atoms with E-state index in [9.17, 15) is 0 Å². The van der Waals surface area contributed by atoms with Crippen LogP contribution in [0.3, 0.4) is 0 Å². The van der Waals surface area contributed by atoms with E-state index in [0.29, 0.717) is 0 Å². The topological polar surface area (TPSA) is 0 Å². The van der Waals surface area contributed by atoms with Crippen LogP contribution < -0.4 is 0 Å². The standard InChI is InChI=1S/C17H20/c1-11-5-7-13-14-8-6-12(2)10-16(14)17(3,4)15(13)9-11/h5,7,9-10H,6,8H2,1-4H3. The maximum Gasteiger partial charge on any atom is 0.0155 e. The molecule has 0 heteroatoms. The molecule has 0 bridgehead atoms. The third kappa shape index (κ3) is 1.43. The third-order valence-corrected chi connectivity index (χ3v) is 4.33. The summed E-state index contributed by atoms with van der Waals surface area (Å²) in [4.78, 5) is 0. The molecule has 1 aromatic rings. The van der Waals surface area contributed by atoms with Crippen LogP contribution in [0.25, 0.3) is 5.57 Å². The number of benzene rings is 1. The van der Waals surface area contributed by atoms with Gasteiger partial charge in [-0.25, -0.2) is 0 Å². The molecule has 0 spiro atoms. The SMILES string of the molecule is CC1=CC2=C(CC1)c1ccc(C)cc1C2(C)C. The molecule has 0 nitrogen and oxygen atoms in total. The zero-order valence-electron chi connectivity index (χ0n) is 11.2. The van der Waals surface area contributed by atoms with E-state index in [1.165, 1.54) is 35.1 Å². The van der Waals surface area contributed by atoms with Gasteiger partial charge in [-0.3, -0.25) is 0 Å². The van der Waals surface area contributed by atoms with Crippen molar-refractivity contribution < 1.29 is 0 Å². The number of hydrogen-bond acceptors (Lipinski definition) is 0. The molecular formula is C17H20. The van der Waals surface area contributed by atoms with Crippen molar-refractivity contribution in [3.63, 3.8) is 0 Å². The second-order valence-electron chi connectivity index (χ2n) is 6.06. The van der Waals surface area contributed by atoms with E-state index in [1.807, 2.05) is 0 Å². The lowest BCUT2D eigenvalue weighted by atomic mass is 9.79. The van der Waals surface area contributed by atoms with Gasteiger partial charge in [0.15, 0.2) is 0 Å². The van der Waals surface area contributed by atoms with Gasteiger partial charge in [-0.05, 0) is 49.0 Å². The van der Waals surface area contributed by atoms with Gasteiger partial charge in [-0.1, -0.05) is 49.3 Å². The second kappa shape index (κ2) is 3.35. The number of hydrogen-bond donors (Lipinski definition) is 0. The molecule has 0 radical (unpaired) electrons. The summed E-state index contributed by atoms with van der Waals surface area (Å²) in [5, 5.41) is 0. The van der Waals surface area contributed by atoms with Crippen molar-refractivity contribution in [3.8, 4) is 0 Å². The summed E-state index contributed by atoms with van der Waals surface area (Å²) in [5.41, 5.74) is 9.27. The Kier molecular flexibility index (Phi) is 2.13. The number of allylic oxidation sites excluding steroid dienone is 4. The first-order valence-corrected chi connectivity index (χ1v) is 6.52. The first-order valence-electron chi connectivity index (χ1n) is 6.52. The minimum absolute atomic E-state index is 0.193. The van der Waals surface area contributed by atoms with E-state index in [1.54, 1.807) is 11.1 Å². The van der Waals surface area contributed by atoms with Crippen LogP contribution in [-0.4, -0.2) is 0 Å². The highest BCUT2D eigenvalue weighted by atomic mass is 14.4. The van der Waals surface area contributed by atoms with E-state index in [-0.39, 0.29) is 5.41 Å². The molecule has 0 aromatic heterocycles. The number of rotatable bonds is 0. The molecule has 1 aromatic carbocycles. The molecule has 0 amide bonds. The summed E-state index contributed by atoms with van der Waals surface area (Å²) >= 11 is 0. The molecule has 17 heavy (non-hydrogen) atoms. The van der Waals surface area contributed by atoms with Crippen molar-refractivity contribution in [2.75, 3.05) is 0 Å². The predicted molar refractivity (Wildman–Crippen MR) is 74.1 cm³/mol. The van der Waals surface area contributed by atoms with Crippen LogP contribution in [-0.2, 0) is 5.41 Å². The summed E-state index contributed by atoms with van der Waals surface area (Å²) in [6.07, 6.45) is 4.87. The Morgan fingerprint density at radius 2 is 1.82 bits per heavy atom. The average Bonchev–Trinajstić information content (AvgIpc) is 2.49. The Morgan fingerprint density at radius 1 is 1.06 bits per heavy atom. The molecule has 2 aliphatic carbocycles. The molecular weight excluding hydrogens is 204 g/mol. The summed E-state index contributed by atoms with van der Waals surface area (Å²) in [7, 11) is 0.